The number of ether oxygens (including phenoxy) is 3. The Hall–Kier alpha value is -1.49. The Balaban J connectivity index is 2.53. The molecule has 5 heteroatoms. The number of methoxy groups -OCH3 is 1. The second kappa shape index (κ2) is 3.94. The van der Waals surface area contributed by atoms with E-state index in [0.29, 0.717) is 30.0 Å². The molecule has 0 saturated carbocycles. The van der Waals surface area contributed by atoms with Crippen LogP contribution >= 0.6 is 0 Å². The molecule has 1 aromatic carbocycles. The third kappa shape index (κ3) is 1.59. The fourth-order valence-corrected chi connectivity index (χ4v) is 1.58. The van der Waals surface area contributed by atoms with Gasteiger partial charge in [0.2, 0.25) is 6.79 Å². The van der Waals surface area contributed by atoms with E-state index >= 15 is 0 Å². The van der Waals surface area contributed by atoms with Crippen molar-refractivity contribution in [1.29, 1.82) is 0 Å². The van der Waals surface area contributed by atoms with Crippen LogP contribution < -0.4 is 19.9 Å². The van der Waals surface area contributed by atoms with Crippen molar-refractivity contribution in [2.24, 2.45) is 5.73 Å². The number of nitrogens with two attached hydrogens (primary N) is 1. The van der Waals surface area contributed by atoms with E-state index in [1.165, 1.54) is 13.2 Å². The molecule has 2 rings (SSSR count). The lowest BCUT2D eigenvalue weighted by molar-refractivity contribution is 0.173. The van der Waals surface area contributed by atoms with Crippen molar-refractivity contribution < 1.29 is 18.6 Å². The predicted octanol–water partition coefficient (Wildman–Crippen LogP) is 1.06. The van der Waals surface area contributed by atoms with Crippen molar-refractivity contribution >= 4 is 0 Å². The number of halogens is 1. The summed E-state index contributed by atoms with van der Waals surface area (Å²) < 4.78 is 29.1. The van der Waals surface area contributed by atoms with E-state index in [0.717, 1.165) is 0 Å². The summed E-state index contributed by atoms with van der Waals surface area (Å²) in [6.07, 6.45) is 0.398. The van der Waals surface area contributed by atoms with Crippen LogP contribution in [0.2, 0.25) is 0 Å². The zero-order chi connectivity index (χ0) is 10.8. The van der Waals surface area contributed by atoms with Crippen LogP contribution in [0.5, 0.6) is 17.2 Å². The quantitative estimate of drug-likeness (QED) is 0.815. The maximum Gasteiger partial charge on any atom is 0.231 e. The molecule has 0 aromatic heterocycles. The van der Waals surface area contributed by atoms with Gasteiger partial charge in [-0.15, -0.1) is 0 Å². The predicted molar refractivity (Wildman–Crippen MR) is 51.8 cm³/mol. The minimum atomic E-state index is -0.424. The average Bonchev–Trinajstić information content (AvgIpc) is 2.69. The lowest BCUT2D eigenvalue weighted by Crippen LogP contribution is -2.06. The van der Waals surface area contributed by atoms with Crippen molar-refractivity contribution in [2.75, 3.05) is 20.4 Å². The van der Waals surface area contributed by atoms with Gasteiger partial charge in [0, 0.05) is 11.6 Å². The van der Waals surface area contributed by atoms with Crippen LogP contribution in [0.3, 0.4) is 0 Å². The molecule has 1 aliphatic rings. The second-order valence-electron chi connectivity index (χ2n) is 3.14. The minimum absolute atomic E-state index is 0.111. The molecule has 0 atom stereocenters. The molecule has 0 amide bonds. The van der Waals surface area contributed by atoms with Gasteiger partial charge < -0.3 is 19.9 Å². The first kappa shape index (κ1) is 10.0. The first-order valence-electron chi connectivity index (χ1n) is 4.63. The third-order valence-electron chi connectivity index (χ3n) is 2.27. The number of benzene rings is 1. The van der Waals surface area contributed by atoms with Gasteiger partial charge in [-0.25, -0.2) is 4.39 Å². The Morgan fingerprint density at radius 2 is 2.33 bits per heavy atom. The van der Waals surface area contributed by atoms with Crippen molar-refractivity contribution in [2.45, 2.75) is 6.42 Å². The zero-order valence-corrected chi connectivity index (χ0v) is 8.38. The molecule has 0 radical (unpaired) electrons. The lowest BCUT2D eigenvalue weighted by Gasteiger charge is -2.09. The van der Waals surface area contributed by atoms with Crippen molar-refractivity contribution in [3.8, 4) is 17.2 Å². The van der Waals surface area contributed by atoms with Gasteiger partial charge in [-0.1, -0.05) is 0 Å². The molecule has 0 spiro atoms. The van der Waals surface area contributed by atoms with Gasteiger partial charge in [-0.05, 0) is 13.0 Å². The highest BCUT2D eigenvalue weighted by Gasteiger charge is 2.24. The second-order valence-corrected chi connectivity index (χ2v) is 3.14. The molecule has 1 aromatic rings. The molecule has 0 aliphatic carbocycles. The topological polar surface area (TPSA) is 53.7 Å². The molecule has 0 saturated heterocycles. The molecule has 15 heavy (non-hydrogen) atoms. The van der Waals surface area contributed by atoms with E-state index in [9.17, 15) is 4.39 Å². The average molecular weight is 213 g/mol. The van der Waals surface area contributed by atoms with Gasteiger partial charge in [0.15, 0.2) is 23.1 Å². The molecule has 1 heterocycles. The van der Waals surface area contributed by atoms with Crippen molar-refractivity contribution in [1.82, 2.24) is 0 Å². The molecule has 82 valence electrons. The Bertz CT molecular complexity index is 381. The third-order valence-corrected chi connectivity index (χ3v) is 2.27. The van der Waals surface area contributed by atoms with Gasteiger partial charge >= 0.3 is 0 Å². The van der Waals surface area contributed by atoms with E-state index in [1.54, 1.807) is 0 Å². The van der Waals surface area contributed by atoms with E-state index in [2.05, 4.69) is 0 Å². The highest BCUT2D eigenvalue weighted by Crippen LogP contribution is 2.41. The minimum Gasteiger partial charge on any atom is -0.494 e. The molecule has 0 fully saturated rings. The molecule has 0 unspecified atom stereocenters. The first-order chi connectivity index (χ1) is 7.27. The summed E-state index contributed by atoms with van der Waals surface area (Å²) in [4.78, 5) is 0. The number of hydrogen-bond acceptors (Lipinski definition) is 4. The van der Waals surface area contributed by atoms with E-state index in [4.69, 9.17) is 19.9 Å². The van der Waals surface area contributed by atoms with Gasteiger partial charge in [-0.2, -0.15) is 0 Å². The van der Waals surface area contributed by atoms with Gasteiger partial charge in [0.1, 0.15) is 0 Å². The SMILES string of the molecule is COc1cc2c(c(CCN)c1F)OCO2. The summed E-state index contributed by atoms with van der Waals surface area (Å²) in [5.74, 6) is 0.686. The molecule has 2 N–H and O–H groups in total. The molecule has 0 bridgehead atoms. The monoisotopic (exact) mass is 213 g/mol. The summed E-state index contributed by atoms with van der Waals surface area (Å²) in [7, 11) is 1.41. The summed E-state index contributed by atoms with van der Waals surface area (Å²) in [6.45, 7) is 0.458. The van der Waals surface area contributed by atoms with Gasteiger partial charge in [-0.3, -0.25) is 0 Å². The summed E-state index contributed by atoms with van der Waals surface area (Å²) in [5, 5.41) is 0. The number of rotatable bonds is 3. The van der Waals surface area contributed by atoms with Crippen LogP contribution in [-0.4, -0.2) is 20.4 Å². The Morgan fingerprint density at radius 1 is 1.53 bits per heavy atom. The Labute approximate surface area is 86.7 Å². The highest BCUT2D eigenvalue weighted by atomic mass is 19.1. The van der Waals surface area contributed by atoms with Crippen LogP contribution in [0.1, 0.15) is 5.56 Å². The normalized spacial score (nSPS) is 13.0. The maximum atomic E-state index is 13.8. The van der Waals surface area contributed by atoms with Crippen molar-refractivity contribution in [3.63, 3.8) is 0 Å². The Kier molecular flexibility index (Phi) is 2.64. The fourth-order valence-electron chi connectivity index (χ4n) is 1.58. The van der Waals surface area contributed by atoms with Crippen LogP contribution in [0.4, 0.5) is 4.39 Å². The van der Waals surface area contributed by atoms with Crippen LogP contribution in [-0.2, 0) is 6.42 Å². The van der Waals surface area contributed by atoms with E-state index in [-0.39, 0.29) is 12.5 Å². The van der Waals surface area contributed by atoms with Gasteiger partial charge in [0.25, 0.3) is 0 Å². The Morgan fingerprint density at radius 3 is 3.00 bits per heavy atom. The molecular formula is C10H12FNO3. The molecule has 4 nitrogen and oxygen atoms in total. The summed E-state index contributed by atoms with van der Waals surface area (Å²) in [5.41, 5.74) is 5.83. The fraction of sp³-hybridized carbons (Fsp3) is 0.400. The largest absolute Gasteiger partial charge is 0.494 e. The number of fused-ring (bicyclic) bond motifs is 1. The maximum absolute atomic E-state index is 13.8. The van der Waals surface area contributed by atoms with Gasteiger partial charge in [0.05, 0.1) is 7.11 Å². The highest BCUT2D eigenvalue weighted by molar-refractivity contribution is 5.54. The smallest absolute Gasteiger partial charge is 0.231 e. The number of hydrogen-bond donors (Lipinski definition) is 1. The zero-order valence-electron chi connectivity index (χ0n) is 8.38. The molecular weight excluding hydrogens is 201 g/mol. The lowest BCUT2D eigenvalue weighted by atomic mass is 10.1. The van der Waals surface area contributed by atoms with Crippen molar-refractivity contribution in [3.05, 3.63) is 17.4 Å². The van der Waals surface area contributed by atoms with E-state index in [1.807, 2.05) is 0 Å². The van der Waals surface area contributed by atoms with Crippen LogP contribution in [0.25, 0.3) is 0 Å². The molecule has 1 aliphatic heterocycles. The standard InChI is InChI=1S/C10H12FNO3/c1-13-7-4-8-10(15-5-14-8)6(2-3-12)9(7)11/h4H,2-3,5,12H2,1H3. The van der Waals surface area contributed by atoms with Crippen LogP contribution in [0.15, 0.2) is 6.07 Å². The summed E-state index contributed by atoms with van der Waals surface area (Å²) in [6, 6.07) is 1.48. The summed E-state index contributed by atoms with van der Waals surface area (Å²) >= 11 is 0. The van der Waals surface area contributed by atoms with Crippen LogP contribution in [0, 0.1) is 5.82 Å². The van der Waals surface area contributed by atoms with E-state index < -0.39 is 5.82 Å². The first-order valence-corrected chi connectivity index (χ1v) is 4.63.